The van der Waals surface area contributed by atoms with Gasteiger partial charge >= 0.3 is 11.4 Å². The number of aromatic amines is 3. The molecule has 1 saturated heterocycles. The highest BCUT2D eigenvalue weighted by Gasteiger charge is 2.36. The number of aliphatic hydroxyl groups is 2. The van der Waals surface area contributed by atoms with Crippen LogP contribution in [0.25, 0.3) is 21.8 Å². The minimum Gasteiger partial charge on any atom is -0.495 e. The van der Waals surface area contributed by atoms with Crippen LogP contribution in [0.1, 0.15) is 25.3 Å². The van der Waals surface area contributed by atoms with Gasteiger partial charge in [-0.15, -0.1) is 0 Å². The van der Waals surface area contributed by atoms with Crippen LogP contribution >= 0.6 is 0 Å². The number of rotatable bonds is 7. The zero-order chi connectivity index (χ0) is 29.9. The summed E-state index contributed by atoms with van der Waals surface area (Å²) in [6, 6.07) is 2.65. The van der Waals surface area contributed by atoms with Crippen LogP contribution in [-0.2, 0) is 0 Å². The molecule has 2 aromatic carbocycles. The molecular weight excluding hydrogens is 555 g/mol. The average molecular weight is 585 g/mol. The lowest BCUT2D eigenvalue weighted by atomic mass is 9.94. The molecule has 6 N–H and O–H groups in total. The smallest absolute Gasteiger partial charge is 0.329 e. The minimum atomic E-state index is -0.981. The summed E-state index contributed by atoms with van der Waals surface area (Å²) >= 11 is 0. The monoisotopic (exact) mass is 584 g/mol. The molecule has 2 fully saturated rings. The second-order valence-electron chi connectivity index (χ2n) is 10.5. The fourth-order valence-corrected chi connectivity index (χ4v) is 5.78. The van der Waals surface area contributed by atoms with E-state index in [9.17, 15) is 29.4 Å². The first-order chi connectivity index (χ1) is 20.2. The van der Waals surface area contributed by atoms with Gasteiger partial charge in [0, 0.05) is 31.7 Å². The van der Waals surface area contributed by atoms with Gasteiger partial charge in [-0.1, -0.05) is 0 Å². The van der Waals surface area contributed by atoms with Crippen LogP contribution in [-0.4, -0.2) is 69.8 Å². The quantitative estimate of drug-likeness (QED) is 0.179. The third-order valence-corrected chi connectivity index (χ3v) is 7.98. The Labute approximate surface area is 235 Å². The van der Waals surface area contributed by atoms with Crippen molar-refractivity contribution in [3.8, 4) is 11.5 Å². The van der Waals surface area contributed by atoms with Gasteiger partial charge in [-0.3, -0.25) is 24.1 Å². The summed E-state index contributed by atoms with van der Waals surface area (Å²) in [7, 11) is 2.66. The fourth-order valence-electron chi connectivity index (χ4n) is 5.78. The Morgan fingerprint density at radius 2 is 1.76 bits per heavy atom. The van der Waals surface area contributed by atoms with Crippen molar-refractivity contribution in [1.29, 1.82) is 0 Å². The predicted octanol–water partition coefficient (Wildman–Crippen LogP) is 0.634. The summed E-state index contributed by atoms with van der Waals surface area (Å²) in [4.78, 5) is 59.9. The van der Waals surface area contributed by atoms with Crippen LogP contribution in [0.5, 0.6) is 11.5 Å². The van der Waals surface area contributed by atoms with Gasteiger partial charge in [-0.25, -0.2) is 14.0 Å². The van der Waals surface area contributed by atoms with Crippen molar-refractivity contribution in [3.05, 3.63) is 59.6 Å². The second-order valence-corrected chi connectivity index (χ2v) is 10.5. The molecule has 1 aliphatic heterocycles. The largest absolute Gasteiger partial charge is 0.495 e. The minimum absolute atomic E-state index is 0.0437. The molecule has 3 heterocycles. The number of aliphatic hydroxyl groups excluding tert-OH is 2. The van der Waals surface area contributed by atoms with E-state index >= 15 is 4.39 Å². The van der Waals surface area contributed by atoms with E-state index in [0.29, 0.717) is 19.3 Å². The van der Waals surface area contributed by atoms with Crippen molar-refractivity contribution in [2.75, 3.05) is 44.1 Å². The fraction of sp³-hybridized carbons (Fsp3) is 0.407. The van der Waals surface area contributed by atoms with Gasteiger partial charge < -0.3 is 34.9 Å². The van der Waals surface area contributed by atoms with Crippen molar-refractivity contribution < 1.29 is 24.1 Å². The van der Waals surface area contributed by atoms with Crippen LogP contribution in [0.3, 0.4) is 0 Å². The van der Waals surface area contributed by atoms with Crippen LogP contribution in [0.15, 0.2) is 31.3 Å². The molecule has 42 heavy (non-hydrogen) atoms. The number of piperidine rings is 1. The van der Waals surface area contributed by atoms with E-state index in [-0.39, 0.29) is 76.1 Å². The summed E-state index contributed by atoms with van der Waals surface area (Å²) in [6.45, 7) is -0.0483. The van der Waals surface area contributed by atoms with Gasteiger partial charge in [0.05, 0.1) is 48.0 Å². The Hall–Kier alpha value is -4.63. The topological polar surface area (TPSA) is 195 Å². The lowest BCUT2D eigenvalue weighted by Gasteiger charge is -2.37. The highest BCUT2D eigenvalue weighted by atomic mass is 19.1. The SMILES string of the molecule is COc1ccc(Nc2c(F)c(N3CCC(CO)C(O)C3)c(OC)c3c2c(=O)[nH]c(=O)n3C2CC2)c2c(=O)[nH]c(=O)[nH]c12. The van der Waals surface area contributed by atoms with Crippen LogP contribution in [0.2, 0.25) is 0 Å². The number of aromatic nitrogens is 4. The molecule has 2 unspecified atom stereocenters. The number of H-pyrrole nitrogens is 3. The highest BCUT2D eigenvalue weighted by Crippen LogP contribution is 2.47. The Morgan fingerprint density at radius 3 is 2.40 bits per heavy atom. The van der Waals surface area contributed by atoms with Crippen molar-refractivity contribution in [1.82, 2.24) is 19.5 Å². The first kappa shape index (κ1) is 27.5. The molecule has 222 valence electrons. The first-order valence-corrected chi connectivity index (χ1v) is 13.4. The maximum atomic E-state index is 16.8. The maximum absolute atomic E-state index is 16.8. The lowest BCUT2D eigenvalue weighted by Crippen LogP contribution is -2.45. The van der Waals surface area contributed by atoms with E-state index in [2.05, 4.69) is 20.3 Å². The van der Waals surface area contributed by atoms with Crippen LogP contribution in [0, 0.1) is 11.7 Å². The van der Waals surface area contributed by atoms with Crippen molar-refractivity contribution in [2.45, 2.75) is 31.4 Å². The van der Waals surface area contributed by atoms with Gasteiger partial charge in [0.1, 0.15) is 17.0 Å². The number of fused-ring (bicyclic) bond motifs is 2. The Kier molecular flexibility index (Phi) is 6.77. The molecule has 14 nitrogen and oxygen atoms in total. The first-order valence-electron chi connectivity index (χ1n) is 13.4. The van der Waals surface area contributed by atoms with Crippen molar-refractivity contribution in [2.24, 2.45) is 5.92 Å². The van der Waals surface area contributed by atoms with Crippen LogP contribution < -0.4 is 42.2 Å². The number of nitrogens with one attached hydrogen (secondary N) is 4. The molecule has 6 rings (SSSR count). The molecule has 1 saturated carbocycles. The number of halogens is 1. The highest BCUT2D eigenvalue weighted by molar-refractivity contribution is 6.04. The van der Waals surface area contributed by atoms with Crippen molar-refractivity contribution >= 4 is 38.9 Å². The molecule has 0 amide bonds. The van der Waals surface area contributed by atoms with Gasteiger partial charge in [-0.05, 0) is 31.4 Å². The Morgan fingerprint density at radius 1 is 1.02 bits per heavy atom. The van der Waals surface area contributed by atoms with E-state index in [1.54, 1.807) is 4.90 Å². The normalized spacial score (nSPS) is 18.9. The number of anilines is 3. The van der Waals surface area contributed by atoms with Gasteiger partial charge in [-0.2, -0.15) is 0 Å². The molecule has 2 atom stereocenters. The average Bonchev–Trinajstić information content (AvgIpc) is 3.79. The van der Waals surface area contributed by atoms with E-state index in [4.69, 9.17) is 9.47 Å². The summed E-state index contributed by atoms with van der Waals surface area (Å²) in [5.74, 6) is -1.20. The zero-order valence-electron chi connectivity index (χ0n) is 22.7. The standard InChI is InChI=1S/C27H29FN6O8/c1-41-15-6-5-13(16-19(15)30-26(39)31-24(16)37)29-20-17-21(34(12-3-4-12)27(40)32-25(17)38)23(42-2)22(18(20)28)33-8-7-11(10-35)14(36)9-33/h5-6,11-12,14,29,35-36H,3-4,7-10H2,1-2H3,(H,32,38,40)(H2,30,31,37,39). The van der Waals surface area contributed by atoms with Gasteiger partial charge in [0.25, 0.3) is 11.1 Å². The summed E-state index contributed by atoms with van der Waals surface area (Å²) < 4.78 is 29.2. The maximum Gasteiger partial charge on any atom is 0.329 e. The number of ether oxygens (including phenoxy) is 2. The molecule has 2 aromatic heterocycles. The summed E-state index contributed by atoms with van der Waals surface area (Å²) in [5, 5.41) is 22.9. The number of nitrogens with zero attached hydrogens (tertiary/aromatic N) is 2. The van der Waals surface area contributed by atoms with Gasteiger partial charge in [0.15, 0.2) is 11.6 Å². The number of methoxy groups -OCH3 is 2. The lowest BCUT2D eigenvalue weighted by molar-refractivity contribution is 0.0545. The van der Waals surface area contributed by atoms with E-state index in [1.165, 1.54) is 30.9 Å². The summed E-state index contributed by atoms with van der Waals surface area (Å²) in [5.41, 5.74) is -3.40. The third-order valence-electron chi connectivity index (χ3n) is 7.98. The molecule has 15 heteroatoms. The van der Waals surface area contributed by atoms with Gasteiger partial charge in [0.2, 0.25) is 0 Å². The number of β-amino-alcohol motifs (C(OH)–C–C–N with tert-alkyl or cyclic N) is 1. The predicted molar refractivity (Wildman–Crippen MR) is 152 cm³/mol. The van der Waals surface area contributed by atoms with Crippen LogP contribution in [0.4, 0.5) is 21.5 Å². The molecule has 1 aliphatic carbocycles. The van der Waals surface area contributed by atoms with E-state index < -0.39 is 40.3 Å². The third kappa shape index (κ3) is 4.32. The van der Waals surface area contributed by atoms with E-state index in [0.717, 1.165) is 0 Å². The second kappa shape index (κ2) is 10.3. The molecule has 0 spiro atoms. The molecule has 0 bridgehead atoms. The molecule has 2 aliphatic rings. The molecule has 4 aromatic rings. The number of hydrogen-bond donors (Lipinski definition) is 6. The Bertz CT molecular complexity index is 1960. The number of benzene rings is 2. The molecular formula is C27H29FN6O8. The van der Waals surface area contributed by atoms with Crippen molar-refractivity contribution in [3.63, 3.8) is 0 Å². The van der Waals surface area contributed by atoms with E-state index in [1.807, 2.05) is 0 Å². The zero-order valence-corrected chi connectivity index (χ0v) is 22.7. The molecule has 0 radical (unpaired) electrons. The Balaban J connectivity index is 1.67. The summed E-state index contributed by atoms with van der Waals surface area (Å²) in [6.07, 6.45) is 0.682. The number of hydrogen-bond acceptors (Lipinski definition) is 10.